The molecule has 0 aliphatic heterocycles. The minimum atomic E-state index is -0.741. The Kier molecular flexibility index (Phi) is 10.1. The number of imidazole rings is 1. The van der Waals surface area contributed by atoms with Crippen molar-refractivity contribution >= 4 is 34.0 Å². The van der Waals surface area contributed by atoms with Gasteiger partial charge in [-0.25, -0.2) is 24.1 Å². The smallest absolute Gasteiger partial charge is 0.352 e. The van der Waals surface area contributed by atoms with Crippen LogP contribution in [0.2, 0.25) is 0 Å². The Balaban J connectivity index is 0.000000251. The molecule has 0 aliphatic rings. The van der Waals surface area contributed by atoms with Crippen LogP contribution in [-0.2, 0) is 16.5 Å². The van der Waals surface area contributed by atoms with E-state index < -0.39 is 11.6 Å². The number of terminal acetylenes is 1. The molecule has 2 aromatic carbocycles. The summed E-state index contributed by atoms with van der Waals surface area (Å²) < 4.78 is 23.9. The summed E-state index contributed by atoms with van der Waals surface area (Å²) in [7, 11) is 4.69. The normalized spacial score (nSPS) is 10.6. The number of carbonyl (C=O) groups excluding carboxylic acids is 1. The van der Waals surface area contributed by atoms with Gasteiger partial charge in [0.25, 0.3) is 5.91 Å². The van der Waals surface area contributed by atoms with Crippen molar-refractivity contribution in [3.05, 3.63) is 70.8 Å². The number of benzene rings is 2. The zero-order chi connectivity index (χ0) is 30.8. The van der Waals surface area contributed by atoms with Crippen LogP contribution in [0.3, 0.4) is 0 Å². The molecule has 0 unspecified atom stereocenters. The lowest BCUT2D eigenvalue weighted by Gasteiger charge is -2.15. The van der Waals surface area contributed by atoms with Crippen LogP contribution in [0.5, 0.6) is 11.5 Å². The molecule has 0 radical (unpaired) electrons. The Morgan fingerprint density at radius 1 is 1.02 bits per heavy atom. The molecular weight excluding hydrogens is 558 g/mol. The number of ether oxygens (including phenoxy) is 4. The third-order valence-corrected chi connectivity index (χ3v) is 5.82. The van der Waals surface area contributed by atoms with Crippen molar-refractivity contribution in [1.82, 2.24) is 34.3 Å². The standard InChI is InChI=1S/C22H23N3O4.C6H6N6O2/c1-4-16-6-5-7-17(12-16)25-22-18-13-20(28-10-8-26-2)21(29-11-9-27-3)14-19(18)23-15-24-22;1-11-6(14)12-2-8-3(4(7)13)5(12)9-10-11/h1,5-7,12-15H,8-11H2,2-3H3,(H,23,24,25);2H,1H3,(H2,7,13). The fraction of sp³-hybridized carbons (Fsp3) is 0.250. The van der Waals surface area contributed by atoms with Gasteiger partial charge < -0.3 is 30.0 Å². The monoisotopic (exact) mass is 587 g/mol. The number of nitrogens with one attached hydrogen (secondary N) is 1. The molecule has 0 bridgehead atoms. The molecule has 43 heavy (non-hydrogen) atoms. The number of fused-ring (bicyclic) bond motifs is 2. The molecule has 3 N–H and O–H groups in total. The van der Waals surface area contributed by atoms with E-state index in [0.717, 1.165) is 31.2 Å². The first-order valence-electron chi connectivity index (χ1n) is 12.8. The number of carbonyl (C=O) groups is 1. The van der Waals surface area contributed by atoms with Crippen LogP contribution >= 0.6 is 0 Å². The maximum atomic E-state index is 11.4. The number of hydrogen-bond acceptors (Lipinski definition) is 12. The number of hydrogen-bond donors (Lipinski definition) is 2. The van der Waals surface area contributed by atoms with Crippen LogP contribution in [-0.4, -0.2) is 80.9 Å². The fourth-order valence-electron chi connectivity index (χ4n) is 3.74. The number of nitrogens with two attached hydrogens (primary N) is 1. The minimum absolute atomic E-state index is 0.0600. The van der Waals surface area contributed by atoms with E-state index in [4.69, 9.17) is 31.1 Å². The number of nitrogens with zero attached hydrogens (tertiary/aromatic N) is 7. The summed E-state index contributed by atoms with van der Waals surface area (Å²) in [5.41, 5.74) is 6.94. The van der Waals surface area contributed by atoms with Gasteiger partial charge in [0.15, 0.2) is 22.8 Å². The summed E-state index contributed by atoms with van der Waals surface area (Å²) in [6.45, 7) is 1.73. The first kappa shape index (κ1) is 30.4. The number of aromatic nitrogens is 7. The second kappa shape index (κ2) is 14.3. The predicted molar refractivity (Wildman–Crippen MR) is 156 cm³/mol. The van der Waals surface area contributed by atoms with Crippen LogP contribution in [0.4, 0.5) is 11.5 Å². The van der Waals surface area contributed by atoms with E-state index >= 15 is 0 Å². The second-order valence-corrected chi connectivity index (χ2v) is 8.72. The number of anilines is 2. The quantitative estimate of drug-likeness (QED) is 0.167. The number of methoxy groups -OCH3 is 2. The Bertz CT molecular complexity index is 1830. The number of aryl methyl sites for hydroxylation is 1. The second-order valence-electron chi connectivity index (χ2n) is 8.72. The molecule has 0 saturated carbocycles. The zero-order valence-corrected chi connectivity index (χ0v) is 23.7. The molecule has 5 rings (SSSR count). The molecule has 222 valence electrons. The summed E-state index contributed by atoms with van der Waals surface area (Å²) in [6, 6.07) is 11.3. The van der Waals surface area contributed by atoms with Gasteiger partial charge in [-0.05, 0) is 24.3 Å². The average molecular weight is 588 g/mol. The van der Waals surface area contributed by atoms with E-state index in [2.05, 4.69) is 36.5 Å². The summed E-state index contributed by atoms with van der Waals surface area (Å²) in [6.07, 6.45) is 8.18. The molecule has 5 aromatic rings. The van der Waals surface area contributed by atoms with Gasteiger partial charge >= 0.3 is 5.69 Å². The molecule has 15 nitrogen and oxygen atoms in total. The van der Waals surface area contributed by atoms with Crippen molar-refractivity contribution in [1.29, 1.82) is 0 Å². The fourth-order valence-corrected chi connectivity index (χ4v) is 3.74. The summed E-state index contributed by atoms with van der Waals surface area (Å²) in [5, 5.41) is 11.2. The molecule has 1 amide bonds. The van der Waals surface area contributed by atoms with Gasteiger partial charge in [-0.2, -0.15) is 4.68 Å². The average Bonchev–Trinajstić information content (AvgIpc) is 3.45. The van der Waals surface area contributed by atoms with E-state index in [1.807, 2.05) is 36.4 Å². The van der Waals surface area contributed by atoms with Crippen LogP contribution in [0.15, 0.2) is 53.8 Å². The zero-order valence-electron chi connectivity index (χ0n) is 23.7. The molecule has 3 heterocycles. The highest BCUT2D eigenvalue weighted by atomic mass is 16.5. The third-order valence-electron chi connectivity index (χ3n) is 5.82. The van der Waals surface area contributed by atoms with Gasteiger partial charge in [0.05, 0.1) is 18.7 Å². The van der Waals surface area contributed by atoms with Gasteiger partial charge in [0, 0.05) is 44.0 Å². The molecular formula is C28H29N9O6. The predicted octanol–water partition coefficient (Wildman–Crippen LogP) is 1.33. The van der Waals surface area contributed by atoms with Crippen LogP contribution in [0, 0.1) is 12.3 Å². The Morgan fingerprint density at radius 3 is 2.42 bits per heavy atom. The molecule has 0 spiro atoms. The van der Waals surface area contributed by atoms with Crippen LogP contribution in [0.1, 0.15) is 16.1 Å². The highest BCUT2D eigenvalue weighted by Crippen LogP contribution is 2.35. The summed E-state index contributed by atoms with van der Waals surface area (Å²) in [4.78, 5) is 34.7. The van der Waals surface area contributed by atoms with Crippen molar-refractivity contribution in [3.63, 3.8) is 0 Å². The highest BCUT2D eigenvalue weighted by Gasteiger charge is 2.14. The van der Waals surface area contributed by atoms with Crippen molar-refractivity contribution in [3.8, 4) is 23.8 Å². The van der Waals surface area contributed by atoms with E-state index in [9.17, 15) is 9.59 Å². The van der Waals surface area contributed by atoms with Gasteiger partial charge in [-0.15, -0.1) is 11.5 Å². The lowest BCUT2D eigenvalue weighted by atomic mass is 10.2. The maximum absolute atomic E-state index is 11.4. The number of amides is 1. The minimum Gasteiger partial charge on any atom is -0.487 e. The van der Waals surface area contributed by atoms with Gasteiger partial charge in [-0.1, -0.05) is 17.2 Å². The van der Waals surface area contributed by atoms with Gasteiger partial charge in [0.1, 0.15) is 31.7 Å². The molecule has 0 saturated heterocycles. The molecule has 0 atom stereocenters. The number of primary amides is 1. The van der Waals surface area contributed by atoms with Crippen molar-refractivity contribution in [2.24, 2.45) is 12.8 Å². The van der Waals surface area contributed by atoms with Crippen molar-refractivity contribution in [2.75, 3.05) is 46.0 Å². The van der Waals surface area contributed by atoms with Crippen molar-refractivity contribution in [2.45, 2.75) is 0 Å². The van der Waals surface area contributed by atoms with Gasteiger partial charge in [0.2, 0.25) is 0 Å². The lowest BCUT2D eigenvalue weighted by Crippen LogP contribution is -2.27. The van der Waals surface area contributed by atoms with E-state index in [0.29, 0.717) is 43.7 Å². The Hall–Kier alpha value is -5.59. The topological polar surface area (TPSA) is 183 Å². The molecule has 3 aromatic heterocycles. The lowest BCUT2D eigenvalue weighted by molar-refractivity contribution is 0.0997. The summed E-state index contributed by atoms with van der Waals surface area (Å²) in [5.74, 6) is 3.70. The summed E-state index contributed by atoms with van der Waals surface area (Å²) >= 11 is 0. The SMILES string of the molecule is C#Cc1cccc(Nc2ncnc3cc(OCCOC)c(OCCOC)cc23)c1.Cn1nnc2c(C(N)=O)ncn2c1=O. The number of rotatable bonds is 11. The first-order chi connectivity index (χ1) is 20.9. The van der Waals surface area contributed by atoms with Gasteiger partial charge in [-0.3, -0.25) is 4.79 Å². The van der Waals surface area contributed by atoms with E-state index in [1.165, 1.54) is 19.7 Å². The largest absolute Gasteiger partial charge is 0.487 e. The van der Waals surface area contributed by atoms with E-state index in [1.54, 1.807) is 14.2 Å². The highest BCUT2D eigenvalue weighted by molar-refractivity contribution is 5.96. The van der Waals surface area contributed by atoms with E-state index in [-0.39, 0.29) is 11.3 Å². The first-order valence-corrected chi connectivity index (χ1v) is 12.8. The van der Waals surface area contributed by atoms with Crippen LogP contribution < -0.4 is 26.2 Å². The molecule has 0 aliphatic carbocycles. The molecule has 15 heteroatoms. The maximum Gasteiger partial charge on any atom is 0.352 e. The Morgan fingerprint density at radius 2 is 1.74 bits per heavy atom. The van der Waals surface area contributed by atoms with Crippen LogP contribution in [0.25, 0.3) is 16.6 Å². The van der Waals surface area contributed by atoms with Crippen molar-refractivity contribution < 1.29 is 23.7 Å². The molecule has 0 fully saturated rings. The Labute approximate surface area is 245 Å². The third kappa shape index (κ3) is 7.38.